The second-order valence-corrected chi connectivity index (χ2v) is 39.9. The number of rotatable bonds is 9. The average molecular weight is 2460 g/mol. The van der Waals surface area contributed by atoms with Gasteiger partial charge in [0.1, 0.15) is 17.2 Å². The van der Waals surface area contributed by atoms with E-state index in [1.54, 1.807) is 23.7 Å². The topological polar surface area (TPSA) is 105 Å². The second-order valence-electron chi connectivity index (χ2n) is 37.8. The number of aryl methyl sites for hydroxylation is 2. The molecule has 1 unspecified atom stereocenters. The van der Waals surface area contributed by atoms with E-state index in [4.69, 9.17) is 24.2 Å². The third-order valence-corrected chi connectivity index (χ3v) is 30.5. The monoisotopic (exact) mass is 2460 g/mol. The van der Waals surface area contributed by atoms with Crippen LogP contribution in [0, 0.1) is 56.2 Å². The molecule has 11 heterocycles. The van der Waals surface area contributed by atoms with Crippen molar-refractivity contribution in [3.63, 3.8) is 0 Å². The van der Waals surface area contributed by atoms with Gasteiger partial charge >= 0.3 is 0 Å². The first-order valence-corrected chi connectivity index (χ1v) is 49.9. The standard InChI is InChI=1S/C39H30NO.C26H18NOS.C23H14NS.C20H16NO.C13H12N.C11H8N.3Ir/c1-38(2)31-20-10-9-18-28(31)30-24-35(40-25-34(30)38)29-19-13-22-33-37(29)41-36-23-12-11-21-32(36)39(33,26-14-5-3-6-15-26)27-16-7-4-8-17-27;1-26(2)19-10-4-5-12-22(19)28-25-17(9-7-11-20(25)26)21-14-18-16-8-3-6-13-23(16)29-24(18)15-27-21;1-2-7-16(8-3-1)17-12-13-22-20(15-17)18-9-6-10-19(23(18)25-22)21-11-4-5-14-24-21;1-20(2)15-7-3-4-9-18(15)22-19-11-10-14(13-16(19)20)17-8-5-6-12-21-17;1-10-8-13(14-9-11(10)2)12-6-4-3-5-7-12;1-2-6-10(7-3-1)11-8-4-5-9-12-11;;;/h3-18,21-25,31H,20H2,1-2H3;3-8,10-15H,1-2H3;1-9,11-15H;3-9,11-13H,1-2H3;3-6,8-9H,1-2H3;1-6,8-9H;;;/q6*-1;;;. The number of allylic oxidation sites excluding steroid dienone is 4. The maximum atomic E-state index is 6.83. The number of thiophene rings is 2. The normalized spacial score (nSPS) is 14.0. The minimum atomic E-state index is -0.558. The van der Waals surface area contributed by atoms with Crippen LogP contribution in [-0.2, 0) is 82.0 Å². The number of hydrogen-bond donors (Lipinski definition) is 0. The van der Waals surface area contributed by atoms with E-state index < -0.39 is 5.41 Å². The zero-order valence-corrected chi connectivity index (χ0v) is 90.3. The minimum absolute atomic E-state index is 0. The van der Waals surface area contributed by atoms with Crippen molar-refractivity contribution in [2.45, 2.75) is 83.5 Å². The Morgan fingerprint density at radius 3 is 1.47 bits per heavy atom. The zero-order chi connectivity index (χ0) is 97.2. The maximum Gasteiger partial charge on any atom is 0.119 e. The van der Waals surface area contributed by atoms with Crippen molar-refractivity contribution >= 4 is 68.6 Å². The second kappa shape index (κ2) is 43.3. The fourth-order valence-electron chi connectivity index (χ4n) is 20.6. The summed E-state index contributed by atoms with van der Waals surface area (Å²) in [5.74, 6) is 5.73. The average Bonchev–Trinajstić information content (AvgIpc) is 0.736. The third kappa shape index (κ3) is 19.4. The number of ether oxygens (including phenoxy) is 3. The van der Waals surface area contributed by atoms with Crippen LogP contribution in [0.4, 0.5) is 0 Å². The van der Waals surface area contributed by atoms with E-state index in [0.717, 1.165) is 120 Å². The molecule has 719 valence electrons. The first-order valence-electron chi connectivity index (χ1n) is 48.3. The Morgan fingerprint density at radius 1 is 0.315 bits per heavy atom. The molecule has 0 spiro atoms. The van der Waals surface area contributed by atoms with Crippen molar-refractivity contribution in [2.75, 3.05) is 0 Å². The van der Waals surface area contributed by atoms with Crippen LogP contribution >= 0.6 is 22.7 Å². The Labute approximate surface area is 902 Å². The Kier molecular flexibility index (Phi) is 29.6. The summed E-state index contributed by atoms with van der Waals surface area (Å²) in [6, 6.07) is 149. The smallest absolute Gasteiger partial charge is 0.119 e. The van der Waals surface area contributed by atoms with Gasteiger partial charge in [-0.15, -0.1) is 167 Å². The summed E-state index contributed by atoms with van der Waals surface area (Å²) in [7, 11) is 0. The fraction of sp³-hybridized carbons (Fsp3) is 0.106. The number of para-hydroxylation sites is 3. The van der Waals surface area contributed by atoms with Crippen molar-refractivity contribution in [3.8, 4) is 113 Å². The van der Waals surface area contributed by atoms with Crippen LogP contribution in [0.3, 0.4) is 0 Å². The van der Waals surface area contributed by atoms with Gasteiger partial charge in [-0.05, 0) is 186 Å². The molecule has 0 amide bonds. The van der Waals surface area contributed by atoms with Crippen molar-refractivity contribution in [1.82, 2.24) is 29.9 Å². The van der Waals surface area contributed by atoms with E-state index in [-0.39, 0.29) is 76.6 Å². The molecule has 0 N–H and O–H groups in total. The molecule has 1 atom stereocenters. The predicted octanol–water partition coefficient (Wildman–Crippen LogP) is 33.9. The van der Waals surface area contributed by atoms with Gasteiger partial charge in [0, 0.05) is 152 Å². The van der Waals surface area contributed by atoms with Crippen LogP contribution in [0.5, 0.6) is 34.5 Å². The molecule has 3 radical (unpaired) electrons. The van der Waals surface area contributed by atoms with Gasteiger partial charge < -0.3 is 44.1 Å². The largest absolute Gasteiger partial charge is 0.501 e. The molecule has 27 rings (SSSR count). The van der Waals surface area contributed by atoms with Gasteiger partial charge in [-0.1, -0.05) is 323 Å². The molecule has 14 heteroatoms. The molecule has 22 aromatic rings. The van der Waals surface area contributed by atoms with Crippen LogP contribution in [0.2, 0.25) is 0 Å². The van der Waals surface area contributed by atoms with Gasteiger partial charge in [0.15, 0.2) is 0 Å². The molecule has 14 aromatic carbocycles. The van der Waals surface area contributed by atoms with Crippen molar-refractivity contribution in [1.29, 1.82) is 0 Å². The van der Waals surface area contributed by atoms with Gasteiger partial charge in [-0.25, -0.2) is 0 Å². The Balaban J connectivity index is 0.000000115. The van der Waals surface area contributed by atoms with Gasteiger partial charge in [-0.3, -0.25) is 0 Å². The van der Waals surface area contributed by atoms with Crippen LogP contribution in [0.15, 0.2) is 432 Å². The number of hydrogen-bond acceptors (Lipinski definition) is 11. The summed E-state index contributed by atoms with van der Waals surface area (Å²) in [6.45, 7) is 17.8. The van der Waals surface area contributed by atoms with E-state index >= 15 is 0 Å². The molecule has 146 heavy (non-hydrogen) atoms. The number of nitrogens with zero attached hydrogens (tertiary/aromatic N) is 6. The van der Waals surface area contributed by atoms with E-state index in [0.29, 0.717) is 5.92 Å². The first kappa shape index (κ1) is 100.0. The molecule has 0 bridgehead atoms. The number of pyridine rings is 6. The van der Waals surface area contributed by atoms with Gasteiger partial charge in [0.2, 0.25) is 0 Å². The minimum Gasteiger partial charge on any atom is -0.501 e. The molecule has 5 aliphatic rings. The Bertz CT molecular complexity index is 8440. The molecular weight excluding hydrogens is 2360 g/mol. The Morgan fingerprint density at radius 2 is 0.829 bits per heavy atom. The van der Waals surface area contributed by atoms with Crippen molar-refractivity contribution in [2.24, 2.45) is 5.92 Å². The summed E-state index contributed by atoms with van der Waals surface area (Å²) in [4.78, 5) is 27.4. The summed E-state index contributed by atoms with van der Waals surface area (Å²) in [5.41, 5.74) is 29.3. The fourth-order valence-corrected chi connectivity index (χ4v) is 22.8. The Hall–Kier alpha value is -14.8. The zero-order valence-electron chi connectivity index (χ0n) is 81.5. The van der Waals surface area contributed by atoms with E-state index in [1.165, 1.54) is 113 Å². The maximum absolute atomic E-state index is 6.83. The van der Waals surface area contributed by atoms with E-state index in [2.05, 4.69) is 361 Å². The summed E-state index contributed by atoms with van der Waals surface area (Å²) < 4.78 is 24.3. The third-order valence-electron chi connectivity index (χ3n) is 28.2. The molecule has 8 aromatic heterocycles. The molecule has 2 aliphatic carbocycles. The van der Waals surface area contributed by atoms with Crippen LogP contribution in [-0.4, -0.2) is 29.9 Å². The first-order chi connectivity index (χ1) is 70.0. The molecule has 9 nitrogen and oxygen atoms in total. The number of fused-ring (bicyclic) bond motifs is 15. The predicted molar refractivity (Wildman–Crippen MR) is 586 cm³/mol. The molecule has 0 saturated heterocycles. The van der Waals surface area contributed by atoms with Crippen molar-refractivity contribution < 1.29 is 74.5 Å². The van der Waals surface area contributed by atoms with Gasteiger partial charge in [-0.2, -0.15) is 11.3 Å². The van der Waals surface area contributed by atoms with Crippen LogP contribution in [0.25, 0.3) is 125 Å². The summed E-state index contributed by atoms with van der Waals surface area (Å²) >= 11 is 3.60. The molecule has 3 aliphatic heterocycles. The SMILES string of the molecule is CC1(C)c2ccccc2Oc2c(-c3cc4c(cn3)sc3ccccc34)[c-]ccc21.CC1(C)c2ccccc2Oc2c[c-]c(-c3ccccn3)cc21.CC1(C)c2cnc(-c3[c-]ccc4c3Oc3ccccc3C4(c3ccccc3)c3ccccc3)cc2C2=CC=CCC21.Cc1cnc(-c2[c-]cccc2)cc1C.[Ir].[Ir].[Ir].[c-]1ccc2c(sc3ccc(-c4ccccc4)cc32)c1-c1ccccn1.[c-]1ccccc1-c1ccccn1. The number of benzene rings is 14. The van der Waals surface area contributed by atoms with E-state index in [1.807, 2.05) is 182 Å². The van der Waals surface area contributed by atoms with E-state index in [9.17, 15) is 0 Å². The quantitative estimate of drug-likeness (QED) is 0.131. The molecule has 0 fully saturated rings. The summed E-state index contributed by atoms with van der Waals surface area (Å²) in [6.07, 6.45) is 19.2. The van der Waals surface area contributed by atoms with Crippen LogP contribution < -0.4 is 14.2 Å². The van der Waals surface area contributed by atoms with Crippen molar-refractivity contribution in [3.05, 3.63) is 535 Å². The van der Waals surface area contributed by atoms with Gasteiger partial charge in [0.05, 0.1) is 10.1 Å². The van der Waals surface area contributed by atoms with Gasteiger partial charge in [0.25, 0.3) is 0 Å². The summed E-state index contributed by atoms with van der Waals surface area (Å²) in [5, 5.41) is 5.08. The molecule has 0 saturated carbocycles. The van der Waals surface area contributed by atoms with Crippen LogP contribution in [0.1, 0.15) is 115 Å². The molecular formula is C132H98Ir3N6O3S2-6. The number of aromatic nitrogens is 6.